The van der Waals surface area contributed by atoms with Gasteiger partial charge in [-0.25, -0.2) is 4.99 Å². The fraction of sp³-hybridized carbons (Fsp3) is 0. The Balaban J connectivity index is 1.95. The number of nitrogens with one attached hydrogen (secondary N) is 1. The number of halogens is 1. The summed E-state index contributed by atoms with van der Waals surface area (Å²) in [5.41, 5.74) is 1.37. The van der Waals surface area contributed by atoms with E-state index < -0.39 is 0 Å². The molecule has 0 saturated carbocycles. The molecule has 3 nitrogen and oxygen atoms in total. The molecule has 19 heavy (non-hydrogen) atoms. The van der Waals surface area contributed by atoms with E-state index in [1.165, 1.54) is 0 Å². The summed E-state index contributed by atoms with van der Waals surface area (Å²) in [5.74, 6) is 0.463. The van der Waals surface area contributed by atoms with Crippen molar-refractivity contribution in [1.29, 1.82) is 0 Å². The van der Waals surface area contributed by atoms with Crippen molar-refractivity contribution < 1.29 is 4.79 Å². The number of amides is 1. The number of carbonyl (C=O) groups is 1. The summed E-state index contributed by atoms with van der Waals surface area (Å²) in [6.07, 6.45) is 1.78. The van der Waals surface area contributed by atoms with Crippen LogP contribution in [0.2, 0.25) is 0 Å². The molecule has 0 saturated heterocycles. The lowest BCUT2D eigenvalue weighted by Gasteiger charge is -1.95. The normalized spacial score (nSPS) is 16.6. The first-order chi connectivity index (χ1) is 9.22. The molecule has 1 aromatic heterocycles. The highest BCUT2D eigenvalue weighted by molar-refractivity contribution is 9.10. The van der Waals surface area contributed by atoms with E-state index in [9.17, 15) is 4.79 Å². The fourth-order valence-electron chi connectivity index (χ4n) is 1.75. The zero-order chi connectivity index (χ0) is 13.2. The van der Waals surface area contributed by atoms with Crippen LogP contribution in [0.25, 0.3) is 6.08 Å². The molecule has 2 heterocycles. The smallest absolute Gasteiger partial charge is 0.275 e. The lowest BCUT2D eigenvalue weighted by atomic mass is 10.2. The molecule has 0 unspecified atom stereocenters. The van der Waals surface area contributed by atoms with Gasteiger partial charge in [-0.05, 0) is 35.2 Å². The van der Waals surface area contributed by atoms with E-state index in [-0.39, 0.29) is 5.91 Å². The van der Waals surface area contributed by atoms with E-state index in [2.05, 4.69) is 26.2 Å². The van der Waals surface area contributed by atoms with Gasteiger partial charge >= 0.3 is 0 Å². The van der Waals surface area contributed by atoms with Crippen molar-refractivity contribution in [2.45, 2.75) is 0 Å². The monoisotopic (exact) mass is 332 g/mol. The number of hydrogen-bond donors (Lipinski definition) is 1. The first-order valence-electron chi connectivity index (χ1n) is 5.63. The molecule has 0 fully saturated rings. The molecule has 0 radical (unpaired) electrons. The highest BCUT2D eigenvalue weighted by atomic mass is 79.9. The van der Waals surface area contributed by atoms with Crippen LogP contribution in [-0.2, 0) is 4.79 Å². The quantitative estimate of drug-likeness (QED) is 0.841. The Morgan fingerprint density at radius 2 is 2.16 bits per heavy atom. The number of thiophene rings is 1. The molecule has 5 heteroatoms. The van der Waals surface area contributed by atoms with E-state index in [0.717, 1.165) is 14.9 Å². The third kappa shape index (κ3) is 2.67. The first kappa shape index (κ1) is 12.3. The van der Waals surface area contributed by atoms with E-state index in [0.29, 0.717) is 11.5 Å². The van der Waals surface area contributed by atoms with Gasteiger partial charge in [-0.2, -0.15) is 0 Å². The van der Waals surface area contributed by atoms with Crippen molar-refractivity contribution in [2.75, 3.05) is 0 Å². The molecule has 0 atom stereocenters. The van der Waals surface area contributed by atoms with Gasteiger partial charge in [0.2, 0.25) is 0 Å². The van der Waals surface area contributed by atoms with Crippen LogP contribution in [0.4, 0.5) is 0 Å². The van der Waals surface area contributed by atoms with Gasteiger partial charge in [0, 0.05) is 4.47 Å². The van der Waals surface area contributed by atoms with Gasteiger partial charge in [0.15, 0.2) is 5.84 Å². The van der Waals surface area contributed by atoms with Crippen LogP contribution in [0.3, 0.4) is 0 Å². The second-order valence-electron chi connectivity index (χ2n) is 3.98. The van der Waals surface area contributed by atoms with E-state index in [1.54, 1.807) is 17.4 Å². The molecule has 3 rings (SSSR count). The summed E-state index contributed by atoms with van der Waals surface area (Å²) in [6, 6.07) is 11.6. The average molecular weight is 333 g/mol. The molecule has 1 aromatic carbocycles. The Kier molecular flexibility index (Phi) is 3.31. The summed E-state index contributed by atoms with van der Waals surface area (Å²) in [6.45, 7) is 0. The number of hydrogen-bond acceptors (Lipinski definition) is 3. The topological polar surface area (TPSA) is 41.5 Å². The Morgan fingerprint density at radius 3 is 2.89 bits per heavy atom. The third-order valence-electron chi connectivity index (χ3n) is 2.60. The lowest BCUT2D eigenvalue weighted by Crippen LogP contribution is -2.23. The van der Waals surface area contributed by atoms with Crippen molar-refractivity contribution >= 4 is 45.1 Å². The highest BCUT2D eigenvalue weighted by Gasteiger charge is 2.21. The van der Waals surface area contributed by atoms with Crippen LogP contribution in [0.1, 0.15) is 10.4 Å². The van der Waals surface area contributed by atoms with Crippen LogP contribution >= 0.6 is 27.3 Å². The summed E-state index contributed by atoms with van der Waals surface area (Å²) >= 11 is 4.96. The molecule has 1 aliphatic heterocycles. The van der Waals surface area contributed by atoms with Crippen LogP contribution in [0, 0.1) is 0 Å². The molecule has 1 N–H and O–H groups in total. The van der Waals surface area contributed by atoms with Crippen LogP contribution < -0.4 is 5.32 Å². The van der Waals surface area contributed by atoms with Gasteiger partial charge in [0.05, 0.1) is 4.88 Å². The van der Waals surface area contributed by atoms with Gasteiger partial charge in [-0.15, -0.1) is 11.3 Å². The highest BCUT2D eigenvalue weighted by Crippen LogP contribution is 2.19. The van der Waals surface area contributed by atoms with Crippen molar-refractivity contribution in [3.8, 4) is 0 Å². The zero-order valence-corrected chi connectivity index (χ0v) is 12.2. The van der Waals surface area contributed by atoms with Gasteiger partial charge in [-0.3, -0.25) is 4.79 Å². The average Bonchev–Trinajstić information content (AvgIpc) is 3.00. The summed E-state index contributed by atoms with van der Waals surface area (Å²) in [5, 5.41) is 4.74. The van der Waals surface area contributed by atoms with Gasteiger partial charge in [0.1, 0.15) is 5.70 Å². The predicted octanol–water partition coefficient (Wildman–Crippen LogP) is 3.43. The van der Waals surface area contributed by atoms with Gasteiger partial charge in [-0.1, -0.05) is 34.1 Å². The molecule has 0 bridgehead atoms. The summed E-state index contributed by atoms with van der Waals surface area (Å²) < 4.78 is 0.975. The predicted molar refractivity (Wildman–Crippen MR) is 81.1 cm³/mol. The molecule has 1 aliphatic rings. The number of benzene rings is 1. The summed E-state index contributed by atoms with van der Waals surface area (Å²) in [7, 11) is 0. The summed E-state index contributed by atoms with van der Waals surface area (Å²) in [4.78, 5) is 17.2. The second kappa shape index (κ2) is 5.11. The number of rotatable bonds is 2. The first-order valence-corrected chi connectivity index (χ1v) is 7.31. The minimum absolute atomic E-state index is 0.164. The minimum Gasteiger partial charge on any atom is -0.304 e. The molecule has 0 aliphatic carbocycles. The fourth-order valence-corrected chi connectivity index (χ4v) is 2.84. The third-order valence-corrected chi connectivity index (χ3v) is 3.97. The molecule has 0 spiro atoms. The zero-order valence-electron chi connectivity index (χ0n) is 9.76. The minimum atomic E-state index is -0.164. The molecule has 2 aromatic rings. The number of aliphatic imine (C=N–C) groups is 1. The molecular formula is C14H9BrN2OS. The standard InChI is InChI=1S/C14H9BrN2OS/c15-10-4-1-3-9(7-10)8-11-14(18)17-13(16-11)12-5-2-6-19-12/h1-8H,(H,16,17,18)/b11-8+. The molecule has 94 valence electrons. The van der Waals surface area contributed by atoms with Crippen molar-refractivity contribution in [3.63, 3.8) is 0 Å². The van der Waals surface area contributed by atoms with Crippen molar-refractivity contribution in [3.05, 3.63) is 62.4 Å². The molecule has 1 amide bonds. The second-order valence-corrected chi connectivity index (χ2v) is 5.84. The molecular weight excluding hydrogens is 324 g/mol. The Morgan fingerprint density at radius 1 is 1.26 bits per heavy atom. The van der Waals surface area contributed by atoms with Crippen LogP contribution in [0.15, 0.2) is 56.9 Å². The maximum atomic E-state index is 11.9. The maximum absolute atomic E-state index is 11.9. The Bertz CT molecular complexity index is 689. The Hall–Kier alpha value is -1.72. The maximum Gasteiger partial charge on any atom is 0.275 e. The number of amidine groups is 1. The van der Waals surface area contributed by atoms with Gasteiger partial charge < -0.3 is 5.32 Å². The van der Waals surface area contributed by atoms with E-state index in [4.69, 9.17) is 0 Å². The largest absolute Gasteiger partial charge is 0.304 e. The lowest BCUT2D eigenvalue weighted by molar-refractivity contribution is -0.115. The number of nitrogens with zero attached hydrogens (tertiary/aromatic N) is 1. The number of carbonyl (C=O) groups excluding carboxylic acids is 1. The van der Waals surface area contributed by atoms with Crippen molar-refractivity contribution in [1.82, 2.24) is 5.32 Å². The van der Waals surface area contributed by atoms with Crippen molar-refractivity contribution in [2.24, 2.45) is 4.99 Å². The van der Waals surface area contributed by atoms with Crippen LogP contribution in [0.5, 0.6) is 0 Å². The van der Waals surface area contributed by atoms with E-state index >= 15 is 0 Å². The SMILES string of the molecule is O=C1NC(c2cccs2)=N/C1=C/c1cccc(Br)c1. The Labute approximate surface area is 122 Å². The van der Waals surface area contributed by atoms with Gasteiger partial charge in [0.25, 0.3) is 5.91 Å². The van der Waals surface area contributed by atoms with E-state index in [1.807, 2.05) is 41.8 Å². The van der Waals surface area contributed by atoms with Crippen LogP contribution in [-0.4, -0.2) is 11.7 Å².